The van der Waals surface area contributed by atoms with Gasteiger partial charge in [0.15, 0.2) is 0 Å². The molecule has 0 aliphatic carbocycles. The van der Waals surface area contributed by atoms with E-state index in [1.54, 1.807) is 0 Å². The number of nitrogens with zero attached hydrogens (tertiary/aromatic N) is 2. The van der Waals surface area contributed by atoms with E-state index in [0.717, 1.165) is 12.2 Å². The largest absolute Gasteiger partial charge is 0.329 e. The molecule has 1 rings (SSSR count). The predicted octanol–water partition coefficient (Wildman–Crippen LogP) is 2.87. The first-order valence-electron chi connectivity index (χ1n) is 5.83. The molecule has 0 bridgehead atoms. The number of aromatic nitrogens is 2. The molecule has 0 aliphatic heterocycles. The molecule has 0 spiro atoms. The second kappa shape index (κ2) is 5.30. The maximum absolute atomic E-state index is 4.16. The molecule has 3 heteroatoms. The van der Waals surface area contributed by atoms with Gasteiger partial charge < -0.3 is 9.88 Å². The Hall–Kier alpha value is -1.09. The van der Waals surface area contributed by atoms with E-state index in [0.29, 0.717) is 6.04 Å². The minimum absolute atomic E-state index is 0.169. The average Bonchev–Trinajstić information content (AvgIpc) is 2.58. The molecule has 16 heavy (non-hydrogen) atoms. The first-order chi connectivity index (χ1) is 7.40. The molecular formula is C13H23N3. The Balaban J connectivity index is 2.53. The maximum Gasteiger partial charge on any atom is 0.0953 e. The number of imidazole rings is 1. The Morgan fingerprint density at radius 3 is 2.69 bits per heavy atom. The normalized spacial score (nSPS) is 12.9. The van der Waals surface area contributed by atoms with Crippen LogP contribution in [0.3, 0.4) is 0 Å². The lowest BCUT2D eigenvalue weighted by Crippen LogP contribution is -2.35. The van der Waals surface area contributed by atoms with Gasteiger partial charge in [0.25, 0.3) is 0 Å². The summed E-state index contributed by atoms with van der Waals surface area (Å²) in [6, 6.07) is 0.456. The van der Waals surface area contributed by atoms with E-state index in [1.165, 1.54) is 0 Å². The summed E-state index contributed by atoms with van der Waals surface area (Å²) >= 11 is 0. The van der Waals surface area contributed by atoms with Crippen LogP contribution in [0.15, 0.2) is 18.6 Å². The fourth-order valence-electron chi connectivity index (χ4n) is 1.42. The molecule has 0 saturated carbocycles. The number of hydrogen-bond acceptors (Lipinski definition) is 2. The summed E-state index contributed by atoms with van der Waals surface area (Å²) < 4.78 is 2.16. The van der Waals surface area contributed by atoms with Crippen LogP contribution in [0.1, 0.15) is 46.4 Å². The van der Waals surface area contributed by atoms with Crippen LogP contribution in [-0.4, -0.2) is 21.6 Å². The van der Waals surface area contributed by atoms with Gasteiger partial charge in [-0.1, -0.05) is 6.08 Å². The van der Waals surface area contributed by atoms with Crippen molar-refractivity contribution in [3.05, 3.63) is 24.3 Å². The Kier molecular flexibility index (Phi) is 4.30. The van der Waals surface area contributed by atoms with E-state index >= 15 is 0 Å². The van der Waals surface area contributed by atoms with Crippen LogP contribution in [0.25, 0.3) is 6.08 Å². The van der Waals surface area contributed by atoms with Crippen molar-refractivity contribution in [3.8, 4) is 0 Å². The molecule has 0 saturated heterocycles. The van der Waals surface area contributed by atoms with Gasteiger partial charge in [-0.2, -0.15) is 0 Å². The van der Waals surface area contributed by atoms with Gasteiger partial charge in [-0.05, 0) is 40.7 Å². The van der Waals surface area contributed by atoms with Crippen LogP contribution in [0, 0.1) is 0 Å². The van der Waals surface area contributed by atoms with Gasteiger partial charge in [0, 0.05) is 18.1 Å². The number of nitrogens with one attached hydrogen (secondary N) is 1. The van der Waals surface area contributed by atoms with E-state index < -0.39 is 0 Å². The molecule has 0 fully saturated rings. The van der Waals surface area contributed by atoms with E-state index in [1.807, 2.05) is 12.5 Å². The smallest absolute Gasteiger partial charge is 0.0953 e. The van der Waals surface area contributed by atoms with Gasteiger partial charge >= 0.3 is 0 Å². The van der Waals surface area contributed by atoms with Gasteiger partial charge in [0.05, 0.1) is 18.2 Å². The summed E-state index contributed by atoms with van der Waals surface area (Å²) in [7, 11) is 0. The van der Waals surface area contributed by atoms with Crippen molar-refractivity contribution in [3.63, 3.8) is 0 Å². The van der Waals surface area contributed by atoms with Gasteiger partial charge in [0.2, 0.25) is 0 Å². The molecular weight excluding hydrogens is 198 g/mol. The standard InChI is InChI=1S/C13H23N3/c1-11(2)16-10-14-9-12(16)7-6-8-15-13(3,4)5/h6-7,9-11,15H,8H2,1-5H3. The molecule has 90 valence electrons. The number of rotatable bonds is 4. The molecule has 0 atom stereocenters. The van der Waals surface area contributed by atoms with Crippen LogP contribution in [0.4, 0.5) is 0 Å². The summed E-state index contributed by atoms with van der Waals surface area (Å²) in [6.45, 7) is 11.7. The van der Waals surface area contributed by atoms with Crippen molar-refractivity contribution in [1.29, 1.82) is 0 Å². The maximum atomic E-state index is 4.16. The van der Waals surface area contributed by atoms with E-state index in [9.17, 15) is 0 Å². The SMILES string of the molecule is CC(C)n1cncc1C=CCNC(C)(C)C. The second-order valence-electron chi connectivity index (χ2n) is 5.35. The quantitative estimate of drug-likeness (QED) is 0.847. The highest BCUT2D eigenvalue weighted by Crippen LogP contribution is 2.10. The van der Waals surface area contributed by atoms with Crippen LogP contribution >= 0.6 is 0 Å². The van der Waals surface area contributed by atoms with Crippen molar-refractivity contribution in [2.45, 2.75) is 46.2 Å². The topological polar surface area (TPSA) is 29.9 Å². The third kappa shape index (κ3) is 4.19. The van der Waals surface area contributed by atoms with Crippen molar-refractivity contribution >= 4 is 6.08 Å². The molecule has 0 unspecified atom stereocenters. The highest BCUT2D eigenvalue weighted by Gasteiger charge is 2.06. The Morgan fingerprint density at radius 2 is 2.12 bits per heavy atom. The third-order valence-corrected chi connectivity index (χ3v) is 2.29. The Bertz CT molecular complexity index is 342. The lowest BCUT2D eigenvalue weighted by Gasteiger charge is -2.19. The Morgan fingerprint density at radius 1 is 1.44 bits per heavy atom. The van der Waals surface area contributed by atoms with Crippen LogP contribution < -0.4 is 5.32 Å². The van der Waals surface area contributed by atoms with Crippen LogP contribution in [0.2, 0.25) is 0 Å². The first-order valence-corrected chi connectivity index (χ1v) is 5.83. The first kappa shape index (κ1) is 13.0. The summed E-state index contributed by atoms with van der Waals surface area (Å²) in [5.41, 5.74) is 1.33. The van der Waals surface area contributed by atoms with Gasteiger partial charge in [-0.25, -0.2) is 4.98 Å². The molecule has 0 amide bonds. The van der Waals surface area contributed by atoms with Crippen molar-refractivity contribution in [2.75, 3.05) is 6.54 Å². The second-order valence-corrected chi connectivity index (χ2v) is 5.35. The summed E-state index contributed by atoms with van der Waals surface area (Å²) in [5, 5.41) is 3.42. The van der Waals surface area contributed by atoms with Crippen LogP contribution in [0.5, 0.6) is 0 Å². The van der Waals surface area contributed by atoms with E-state index in [4.69, 9.17) is 0 Å². The van der Waals surface area contributed by atoms with Crippen molar-refractivity contribution in [2.24, 2.45) is 0 Å². The predicted molar refractivity (Wildman–Crippen MR) is 69.4 cm³/mol. The average molecular weight is 221 g/mol. The lowest BCUT2D eigenvalue weighted by molar-refractivity contribution is 0.450. The summed E-state index contributed by atoms with van der Waals surface area (Å²) in [5.74, 6) is 0. The lowest BCUT2D eigenvalue weighted by atomic mass is 10.1. The highest BCUT2D eigenvalue weighted by atomic mass is 15.1. The Labute approximate surface area is 98.6 Å². The zero-order chi connectivity index (χ0) is 12.2. The minimum Gasteiger partial charge on any atom is -0.329 e. The molecule has 3 nitrogen and oxygen atoms in total. The van der Waals surface area contributed by atoms with Gasteiger partial charge in [-0.3, -0.25) is 0 Å². The summed E-state index contributed by atoms with van der Waals surface area (Å²) in [6.07, 6.45) is 8.03. The zero-order valence-electron chi connectivity index (χ0n) is 11.0. The van der Waals surface area contributed by atoms with Gasteiger partial charge in [-0.15, -0.1) is 0 Å². The summed E-state index contributed by atoms with van der Waals surface area (Å²) in [4.78, 5) is 4.16. The fourth-order valence-corrected chi connectivity index (χ4v) is 1.42. The molecule has 1 aromatic heterocycles. The molecule has 0 aliphatic rings. The molecule has 0 aromatic carbocycles. The van der Waals surface area contributed by atoms with E-state index in [-0.39, 0.29) is 5.54 Å². The highest BCUT2D eigenvalue weighted by molar-refractivity contribution is 5.44. The van der Waals surface area contributed by atoms with Gasteiger partial charge in [0.1, 0.15) is 0 Å². The van der Waals surface area contributed by atoms with Crippen LogP contribution in [-0.2, 0) is 0 Å². The fraction of sp³-hybridized carbons (Fsp3) is 0.615. The minimum atomic E-state index is 0.169. The zero-order valence-corrected chi connectivity index (χ0v) is 11.0. The molecule has 1 N–H and O–H groups in total. The molecule has 1 heterocycles. The number of hydrogen-bond donors (Lipinski definition) is 1. The van der Waals surface area contributed by atoms with Crippen molar-refractivity contribution in [1.82, 2.24) is 14.9 Å². The molecule has 0 radical (unpaired) electrons. The van der Waals surface area contributed by atoms with E-state index in [2.05, 4.69) is 61.6 Å². The molecule has 1 aromatic rings. The van der Waals surface area contributed by atoms with Crippen molar-refractivity contribution < 1.29 is 0 Å². The monoisotopic (exact) mass is 221 g/mol. The third-order valence-electron chi connectivity index (χ3n) is 2.29.